The Labute approximate surface area is 69.1 Å². The van der Waals surface area contributed by atoms with Crippen molar-refractivity contribution in [1.29, 1.82) is 0 Å². The van der Waals surface area contributed by atoms with Crippen molar-refractivity contribution in [2.45, 2.75) is 38.7 Å². The van der Waals surface area contributed by atoms with Crippen LogP contribution in [0.4, 0.5) is 0 Å². The van der Waals surface area contributed by atoms with Gasteiger partial charge in [-0.15, -0.1) is 0 Å². The van der Waals surface area contributed by atoms with Crippen LogP contribution in [0.15, 0.2) is 11.6 Å². The smallest absolute Gasteiger partial charge is 0.0540 e. The van der Waals surface area contributed by atoms with E-state index in [4.69, 9.17) is 0 Å². The first-order valence-electron chi connectivity index (χ1n) is 4.37. The van der Waals surface area contributed by atoms with Crippen molar-refractivity contribution in [3.63, 3.8) is 0 Å². The Kier molecular flexibility index (Phi) is 3.13. The molecule has 0 amide bonds. The molecule has 1 fully saturated rings. The fraction of sp³-hybridized carbons (Fsp3) is 0.700. The zero-order chi connectivity index (χ0) is 8.27. The maximum Gasteiger partial charge on any atom is 0.0540 e. The molecule has 1 aliphatic rings. The summed E-state index contributed by atoms with van der Waals surface area (Å²) in [5, 5.41) is 9.22. The Morgan fingerprint density at radius 3 is 2.36 bits per heavy atom. The molecular weight excluding hydrogens is 136 g/mol. The predicted molar refractivity (Wildman–Crippen MR) is 47.1 cm³/mol. The highest BCUT2D eigenvalue weighted by molar-refractivity contribution is 5.04. The summed E-state index contributed by atoms with van der Waals surface area (Å²) in [4.78, 5) is 0. The van der Waals surface area contributed by atoms with E-state index in [1.165, 1.54) is 0 Å². The Balaban J connectivity index is 2.34. The highest BCUT2D eigenvalue weighted by Crippen LogP contribution is 2.25. The lowest BCUT2D eigenvalue weighted by atomic mass is 9.86. The van der Waals surface area contributed by atoms with Crippen LogP contribution in [0, 0.1) is 12.8 Å². The second-order valence-corrected chi connectivity index (χ2v) is 3.58. The summed E-state index contributed by atoms with van der Waals surface area (Å²) >= 11 is 0. The molecule has 1 radical (unpaired) electrons. The van der Waals surface area contributed by atoms with E-state index in [1.54, 1.807) is 0 Å². The second kappa shape index (κ2) is 3.91. The van der Waals surface area contributed by atoms with Crippen LogP contribution in [0.25, 0.3) is 0 Å². The lowest BCUT2D eigenvalue weighted by Crippen LogP contribution is -2.16. The van der Waals surface area contributed by atoms with Gasteiger partial charge in [-0.25, -0.2) is 0 Å². The topological polar surface area (TPSA) is 20.2 Å². The minimum absolute atomic E-state index is 0.0372. The number of rotatable bonds is 1. The monoisotopic (exact) mass is 153 g/mol. The largest absolute Gasteiger partial charge is 0.393 e. The lowest BCUT2D eigenvalue weighted by Gasteiger charge is -2.23. The maximum atomic E-state index is 9.22. The van der Waals surface area contributed by atoms with Gasteiger partial charge < -0.3 is 5.11 Å². The molecule has 0 aromatic rings. The zero-order valence-corrected chi connectivity index (χ0v) is 7.21. The second-order valence-electron chi connectivity index (χ2n) is 3.58. The van der Waals surface area contributed by atoms with E-state index >= 15 is 0 Å². The first kappa shape index (κ1) is 8.79. The van der Waals surface area contributed by atoms with Gasteiger partial charge in [-0.1, -0.05) is 11.6 Å². The number of aliphatic hydroxyl groups excluding tert-OH is 1. The Morgan fingerprint density at radius 2 is 1.91 bits per heavy atom. The van der Waals surface area contributed by atoms with Crippen molar-refractivity contribution < 1.29 is 5.11 Å². The molecule has 1 saturated carbocycles. The third kappa shape index (κ3) is 3.06. The van der Waals surface area contributed by atoms with Crippen molar-refractivity contribution >= 4 is 0 Å². The molecular formula is C10H17O. The molecule has 0 spiro atoms. The highest BCUT2D eigenvalue weighted by Gasteiger charge is 2.16. The SMILES string of the molecule is [CH2]/C(C)=C\[C@H]1CC[C@@H](O)CC1. The molecule has 0 saturated heterocycles. The molecule has 1 rings (SSSR count). The molecule has 1 aliphatic carbocycles. The number of aliphatic hydroxyl groups is 1. The van der Waals surface area contributed by atoms with Crippen LogP contribution in [0.1, 0.15) is 32.6 Å². The van der Waals surface area contributed by atoms with Crippen molar-refractivity contribution in [2.24, 2.45) is 5.92 Å². The summed E-state index contributed by atoms with van der Waals surface area (Å²) in [6.07, 6.45) is 6.39. The van der Waals surface area contributed by atoms with Gasteiger partial charge in [-0.3, -0.25) is 0 Å². The van der Waals surface area contributed by atoms with Crippen LogP contribution in [-0.4, -0.2) is 11.2 Å². The van der Waals surface area contributed by atoms with E-state index in [0.29, 0.717) is 5.92 Å². The van der Waals surface area contributed by atoms with Gasteiger partial charge in [0.25, 0.3) is 0 Å². The first-order chi connectivity index (χ1) is 5.18. The number of allylic oxidation sites excluding steroid dienone is 2. The molecule has 0 aromatic heterocycles. The molecule has 1 nitrogen and oxygen atoms in total. The Hall–Kier alpha value is -0.300. The molecule has 0 heterocycles. The zero-order valence-electron chi connectivity index (χ0n) is 7.21. The Morgan fingerprint density at radius 1 is 1.36 bits per heavy atom. The van der Waals surface area contributed by atoms with E-state index in [0.717, 1.165) is 31.3 Å². The van der Waals surface area contributed by atoms with E-state index < -0.39 is 0 Å². The van der Waals surface area contributed by atoms with Gasteiger partial charge in [-0.2, -0.15) is 0 Å². The number of hydrogen-bond donors (Lipinski definition) is 1. The summed E-state index contributed by atoms with van der Waals surface area (Å²) in [6, 6.07) is 0. The Bertz CT molecular complexity index is 137. The summed E-state index contributed by atoms with van der Waals surface area (Å²) in [5.41, 5.74) is 1.16. The van der Waals surface area contributed by atoms with Gasteiger partial charge in [0.2, 0.25) is 0 Å². The van der Waals surface area contributed by atoms with Crippen LogP contribution in [0.5, 0.6) is 0 Å². The average molecular weight is 153 g/mol. The summed E-state index contributed by atoms with van der Waals surface area (Å²) in [7, 11) is 0. The van der Waals surface area contributed by atoms with E-state index in [9.17, 15) is 5.11 Å². The number of hydrogen-bond acceptors (Lipinski definition) is 1. The van der Waals surface area contributed by atoms with Gasteiger partial charge in [0, 0.05) is 0 Å². The van der Waals surface area contributed by atoms with Crippen LogP contribution >= 0.6 is 0 Å². The third-order valence-corrected chi connectivity index (χ3v) is 2.26. The minimum Gasteiger partial charge on any atom is -0.393 e. The molecule has 0 aromatic carbocycles. The minimum atomic E-state index is -0.0372. The van der Waals surface area contributed by atoms with Crippen LogP contribution in [0.3, 0.4) is 0 Å². The van der Waals surface area contributed by atoms with Crippen molar-refractivity contribution in [2.75, 3.05) is 0 Å². The van der Waals surface area contributed by atoms with Crippen molar-refractivity contribution in [3.8, 4) is 0 Å². The van der Waals surface area contributed by atoms with Gasteiger partial charge in [0.15, 0.2) is 0 Å². The summed E-state index contributed by atoms with van der Waals surface area (Å²) < 4.78 is 0. The van der Waals surface area contributed by atoms with Crippen LogP contribution < -0.4 is 0 Å². The highest BCUT2D eigenvalue weighted by atomic mass is 16.3. The first-order valence-corrected chi connectivity index (χ1v) is 4.37. The molecule has 0 unspecified atom stereocenters. The lowest BCUT2D eigenvalue weighted by molar-refractivity contribution is 0.118. The quantitative estimate of drug-likeness (QED) is 0.613. The molecule has 11 heavy (non-hydrogen) atoms. The van der Waals surface area contributed by atoms with Gasteiger partial charge in [-0.05, 0) is 45.4 Å². The van der Waals surface area contributed by atoms with E-state index in [-0.39, 0.29) is 6.10 Å². The van der Waals surface area contributed by atoms with Crippen LogP contribution in [0.2, 0.25) is 0 Å². The average Bonchev–Trinajstić information content (AvgIpc) is 1.93. The van der Waals surface area contributed by atoms with Crippen molar-refractivity contribution in [1.82, 2.24) is 0 Å². The summed E-state index contributed by atoms with van der Waals surface area (Å²) in [6.45, 7) is 5.88. The fourth-order valence-electron chi connectivity index (χ4n) is 1.67. The van der Waals surface area contributed by atoms with Gasteiger partial charge >= 0.3 is 0 Å². The molecule has 0 aliphatic heterocycles. The van der Waals surface area contributed by atoms with E-state index in [2.05, 4.69) is 13.0 Å². The fourth-order valence-corrected chi connectivity index (χ4v) is 1.67. The third-order valence-electron chi connectivity index (χ3n) is 2.26. The van der Waals surface area contributed by atoms with Crippen LogP contribution in [-0.2, 0) is 0 Å². The van der Waals surface area contributed by atoms with Crippen molar-refractivity contribution in [3.05, 3.63) is 18.6 Å². The molecule has 63 valence electrons. The van der Waals surface area contributed by atoms with E-state index in [1.807, 2.05) is 6.92 Å². The molecule has 0 bridgehead atoms. The van der Waals surface area contributed by atoms with Gasteiger partial charge in [0.1, 0.15) is 0 Å². The molecule has 1 N–H and O–H groups in total. The van der Waals surface area contributed by atoms with Gasteiger partial charge in [0.05, 0.1) is 6.10 Å². The standard InChI is InChI=1S/C10H17O/c1-8(2)7-9-3-5-10(11)6-4-9/h7,9-11H,1,3-6H2,2H3/b8-7+/t9-,10+. The normalized spacial score (nSPS) is 33.9. The molecule has 0 atom stereocenters. The maximum absolute atomic E-state index is 9.22. The molecule has 1 heteroatoms. The summed E-state index contributed by atoms with van der Waals surface area (Å²) in [5.74, 6) is 0.677. The predicted octanol–water partition coefficient (Wildman–Crippen LogP) is 2.32.